The SMILES string of the molecule is COc1cccc(CN2CCC3(CC2)CC(=O)N2CC[C@@H](n4cc(-c5cccc(O)c5)nn4)C[C@H]2C(=O)NCc2onc(C)c2C(=O)N3)c1. The van der Waals surface area contributed by atoms with Gasteiger partial charge in [-0.05, 0) is 62.4 Å². The van der Waals surface area contributed by atoms with Gasteiger partial charge in [0.25, 0.3) is 5.91 Å². The van der Waals surface area contributed by atoms with Gasteiger partial charge in [0.15, 0.2) is 5.76 Å². The maximum absolute atomic E-state index is 14.2. The van der Waals surface area contributed by atoms with Gasteiger partial charge in [0, 0.05) is 31.7 Å². The molecule has 7 rings (SSSR count). The number of nitrogens with one attached hydrogen (secondary N) is 2. The first-order valence-electron chi connectivity index (χ1n) is 16.6. The molecular weight excluding hydrogens is 628 g/mol. The number of fused-ring (bicyclic) bond motifs is 2. The lowest BCUT2D eigenvalue weighted by Gasteiger charge is -2.45. The van der Waals surface area contributed by atoms with Crippen LogP contribution in [0.5, 0.6) is 11.5 Å². The maximum atomic E-state index is 14.2. The smallest absolute Gasteiger partial charge is 0.257 e. The van der Waals surface area contributed by atoms with Crippen molar-refractivity contribution in [2.45, 2.75) is 69.7 Å². The van der Waals surface area contributed by atoms with Crippen LogP contribution in [0.25, 0.3) is 11.3 Å². The molecule has 0 aliphatic carbocycles. The van der Waals surface area contributed by atoms with E-state index in [4.69, 9.17) is 9.26 Å². The Labute approximate surface area is 283 Å². The number of methoxy groups -OCH3 is 1. The molecule has 2 saturated heterocycles. The second-order valence-corrected chi connectivity index (χ2v) is 13.2. The minimum absolute atomic E-state index is 0.0437. The van der Waals surface area contributed by atoms with E-state index in [0.717, 1.165) is 23.4 Å². The van der Waals surface area contributed by atoms with Gasteiger partial charge >= 0.3 is 0 Å². The molecule has 5 heterocycles. The molecule has 14 heteroatoms. The third-order valence-corrected chi connectivity index (χ3v) is 10.0. The lowest BCUT2D eigenvalue weighted by atomic mass is 9.82. The average Bonchev–Trinajstić information content (AvgIpc) is 3.75. The highest BCUT2D eigenvalue weighted by molar-refractivity contribution is 5.97. The standard InChI is InChI=1S/C35H40N8O6/c1-22-32-30(49-39-22)19-36-33(46)29-17-25(43-21-28(38-40-43)24-6-4-7-26(44)16-24)9-12-42(29)31(45)18-35(37-34(32)47)10-13-41(14-11-35)20-23-5-3-8-27(15-23)48-2/h3-8,15-16,21,25,29,44H,9-14,17-20H2,1-2H3,(H,36,46)(H,37,47)/t25-,29+/m1/s1. The Morgan fingerprint density at radius 3 is 2.69 bits per heavy atom. The van der Waals surface area contributed by atoms with E-state index in [9.17, 15) is 19.5 Å². The quantitative estimate of drug-likeness (QED) is 0.288. The van der Waals surface area contributed by atoms with Crippen LogP contribution in [-0.4, -0.2) is 91.1 Å². The van der Waals surface area contributed by atoms with Crippen LogP contribution in [0, 0.1) is 6.92 Å². The number of likely N-dealkylation sites (tertiary alicyclic amines) is 1. The minimum atomic E-state index is -0.820. The summed E-state index contributed by atoms with van der Waals surface area (Å²) in [7, 11) is 1.65. The van der Waals surface area contributed by atoms with E-state index < -0.39 is 11.6 Å². The average molecular weight is 669 g/mol. The molecular formula is C35H40N8O6. The lowest BCUT2D eigenvalue weighted by Crippen LogP contribution is -2.60. The van der Waals surface area contributed by atoms with Crippen molar-refractivity contribution < 1.29 is 28.8 Å². The summed E-state index contributed by atoms with van der Waals surface area (Å²) in [6.45, 7) is 4.04. The zero-order valence-corrected chi connectivity index (χ0v) is 27.6. The number of ether oxygens (including phenoxy) is 1. The molecule has 3 amide bonds. The predicted molar refractivity (Wildman–Crippen MR) is 176 cm³/mol. The third-order valence-electron chi connectivity index (χ3n) is 10.0. The number of piperidine rings is 2. The van der Waals surface area contributed by atoms with Crippen LogP contribution >= 0.6 is 0 Å². The van der Waals surface area contributed by atoms with Gasteiger partial charge in [-0.1, -0.05) is 34.6 Å². The molecule has 0 radical (unpaired) electrons. The molecule has 14 nitrogen and oxygen atoms in total. The highest BCUT2D eigenvalue weighted by Gasteiger charge is 2.44. The number of carbonyl (C=O) groups excluding carboxylic acids is 3. The van der Waals surface area contributed by atoms with Gasteiger partial charge in [0.05, 0.1) is 43.5 Å². The molecule has 0 unspecified atom stereocenters. The van der Waals surface area contributed by atoms with Gasteiger partial charge in [-0.2, -0.15) is 0 Å². The number of carbonyl (C=O) groups is 3. The van der Waals surface area contributed by atoms with E-state index >= 15 is 0 Å². The Bertz CT molecular complexity index is 1860. The van der Waals surface area contributed by atoms with E-state index in [1.165, 1.54) is 0 Å². The summed E-state index contributed by atoms with van der Waals surface area (Å²) in [5, 5.41) is 28.8. The van der Waals surface area contributed by atoms with Crippen LogP contribution in [-0.2, 0) is 22.7 Å². The summed E-state index contributed by atoms with van der Waals surface area (Å²) in [5.74, 6) is 0.321. The fraction of sp³-hybridized carbons (Fsp3) is 0.429. The molecule has 1 spiro atoms. The number of amides is 3. The Morgan fingerprint density at radius 2 is 1.90 bits per heavy atom. The number of hydrogen-bond donors (Lipinski definition) is 3. The van der Waals surface area contributed by atoms with Crippen molar-refractivity contribution in [1.29, 1.82) is 0 Å². The van der Waals surface area contributed by atoms with Crippen LogP contribution in [0.15, 0.2) is 59.3 Å². The molecule has 0 bridgehead atoms. The molecule has 3 aliphatic heterocycles. The largest absolute Gasteiger partial charge is 0.508 e. The summed E-state index contributed by atoms with van der Waals surface area (Å²) in [5.41, 5.74) is 2.33. The third kappa shape index (κ3) is 6.73. The lowest BCUT2D eigenvalue weighted by molar-refractivity contribution is -0.145. The number of hydrogen-bond acceptors (Lipinski definition) is 10. The maximum Gasteiger partial charge on any atom is 0.257 e. The number of nitrogens with zero attached hydrogens (tertiary/aromatic N) is 6. The Hall–Kier alpha value is -5.24. The Kier molecular flexibility index (Phi) is 8.80. The topological polar surface area (TPSA) is 168 Å². The minimum Gasteiger partial charge on any atom is -0.508 e. The first-order chi connectivity index (χ1) is 23.7. The molecule has 2 aromatic carbocycles. The molecule has 3 N–H and O–H groups in total. The van der Waals surface area contributed by atoms with E-state index in [0.29, 0.717) is 56.7 Å². The van der Waals surface area contributed by atoms with Crippen molar-refractivity contribution in [3.8, 4) is 22.8 Å². The number of phenolic OH excluding ortho intramolecular Hbond substituents is 1. The van der Waals surface area contributed by atoms with Crippen molar-refractivity contribution in [3.05, 3.63) is 77.3 Å². The zero-order chi connectivity index (χ0) is 34.1. The van der Waals surface area contributed by atoms with Crippen molar-refractivity contribution in [2.24, 2.45) is 0 Å². The van der Waals surface area contributed by atoms with Gasteiger partial charge in [-0.3, -0.25) is 19.3 Å². The molecule has 2 atom stereocenters. The number of aromatic nitrogens is 4. The monoisotopic (exact) mass is 668 g/mol. The summed E-state index contributed by atoms with van der Waals surface area (Å²) in [4.78, 5) is 45.8. The van der Waals surface area contributed by atoms with Gasteiger partial charge in [0.2, 0.25) is 11.8 Å². The molecule has 2 fully saturated rings. The van der Waals surface area contributed by atoms with Crippen LogP contribution in [0.2, 0.25) is 0 Å². The number of rotatable bonds is 5. The normalized spacial score (nSPS) is 21.6. The van der Waals surface area contributed by atoms with Gasteiger partial charge < -0.3 is 29.9 Å². The van der Waals surface area contributed by atoms with Crippen molar-refractivity contribution in [2.75, 3.05) is 26.7 Å². The number of benzene rings is 2. The molecule has 49 heavy (non-hydrogen) atoms. The highest BCUT2D eigenvalue weighted by Crippen LogP contribution is 2.34. The van der Waals surface area contributed by atoms with Crippen LogP contribution in [0.1, 0.15) is 65.5 Å². The molecule has 4 aromatic rings. The second kappa shape index (κ2) is 13.3. The molecule has 2 aromatic heterocycles. The Morgan fingerprint density at radius 1 is 1.08 bits per heavy atom. The molecule has 3 aliphatic rings. The summed E-state index contributed by atoms with van der Waals surface area (Å²) in [6.07, 6.45) is 3.87. The first-order valence-corrected chi connectivity index (χ1v) is 16.6. The first kappa shape index (κ1) is 32.3. The predicted octanol–water partition coefficient (Wildman–Crippen LogP) is 2.97. The van der Waals surface area contributed by atoms with Crippen molar-refractivity contribution in [3.63, 3.8) is 0 Å². The van der Waals surface area contributed by atoms with Gasteiger partial charge in [-0.15, -0.1) is 5.10 Å². The summed E-state index contributed by atoms with van der Waals surface area (Å²) in [6, 6.07) is 13.8. The van der Waals surface area contributed by atoms with Gasteiger partial charge in [-0.25, -0.2) is 4.68 Å². The van der Waals surface area contributed by atoms with Crippen molar-refractivity contribution >= 4 is 17.7 Å². The number of aryl methyl sites for hydroxylation is 1. The van der Waals surface area contributed by atoms with Gasteiger partial charge in [0.1, 0.15) is 28.8 Å². The van der Waals surface area contributed by atoms with E-state index in [-0.39, 0.29) is 53.8 Å². The zero-order valence-electron chi connectivity index (χ0n) is 27.6. The second-order valence-electron chi connectivity index (χ2n) is 13.2. The van der Waals surface area contributed by atoms with E-state index in [1.807, 2.05) is 24.3 Å². The summed E-state index contributed by atoms with van der Waals surface area (Å²) < 4.78 is 12.7. The van der Waals surface area contributed by atoms with E-state index in [1.54, 1.807) is 48.0 Å². The van der Waals surface area contributed by atoms with Crippen LogP contribution < -0.4 is 15.4 Å². The van der Waals surface area contributed by atoms with E-state index in [2.05, 4.69) is 37.1 Å². The highest BCUT2D eigenvalue weighted by atomic mass is 16.5. The Balaban J connectivity index is 1.13. The summed E-state index contributed by atoms with van der Waals surface area (Å²) >= 11 is 0. The van der Waals surface area contributed by atoms with Crippen molar-refractivity contribution in [1.82, 2.24) is 40.6 Å². The molecule has 0 saturated carbocycles. The van der Waals surface area contributed by atoms with Crippen LogP contribution in [0.3, 0.4) is 0 Å². The van der Waals surface area contributed by atoms with Crippen LogP contribution in [0.4, 0.5) is 0 Å². The number of phenols is 1. The molecule has 256 valence electrons. The fourth-order valence-electron chi connectivity index (χ4n) is 7.31. The number of aromatic hydroxyl groups is 1. The fourth-order valence-corrected chi connectivity index (χ4v) is 7.31.